The van der Waals surface area contributed by atoms with E-state index in [9.17, 15) is 14.7 Å². The fraction of sp³-hybridized carbons (Fsp3) is 0.333. The van der Waals surface area contributed by atoms with Crippen molar-refractivity contribution < 1.29 is 28.9 Å². The number of Topliss-reactive ketones (excluding diaryl/α,β-unsaturated/α-hetero) is 1. The van der Waals surface area contributed by atoms with Crippen LogP contribution >= 0.6 is 0 Å². The summed E-state index contributed by atoms with van der Waals surface area (Å²) in [7, 11) is 5.34. The number of carbonyl (C=O) groups excluding carboxylic acids is 2. The lowest BCUT2D eigenvalue weighted by atomic mass is 9.95. The summed E-state index contributed by atoms with van der Waals surface area (Å²) in [5, 5.41) is 11.5. The van der Waals surface area contributed by atoms with Crippen LogP contribution in [0.5, 0.6) is 17.2 Å². The van der Waals surface area contributed by atoms with Crippen molar-refractivity contribution in [3.8, 4) is 17.2 Å². The van der Waals surface area contributed by atoms with Gasteiger partial charge in [0.1, 0.15) is 18.1 Å². The zero-order valence-electron chi connectivity index (χ0n) is 24.1. The lowest BCUT2D eigenvalue weighted by molar-refractivity contribution is -0.140. The molecular formula is C33H38N2O6. The Morgan fingerprint density at radius 3 is 2.44 bits per heavy atom. The minimum atomic E-state index is -0.809. The van der Waals surface area contributed by atoms with E-state index in [0.29, 0.717) is 54.7 Å². The predicted octanol–water partition coefficient (Wildman–Crippen LogP) is 5.44. The molecule has 0 saturated carbocycles. The molecule has 1 heterocycles. The summed E-state index contributed by atoms with van der Waals surface area (Å²) in [5.41, 5.74) is 2.07. The van der Waals surface area contributed by atoms with Gasteiger partial charge in [0.15, 0.2) is 11.5 Å². The highest BCUT2D eigenvalue weighted by atomic mass is 16.5. The van der Waals surface area contributed by atoms with Crippen LogP contribution in [0.25, 0.3) is 5.76 Å². The molecule has 0 spiro atoms. The molecule has 1 saturated heterocycles. The maximum absolute atomic E-state index is 13.4. The van der Waals surface area contributed by atoms with Gasteiger partial charge in [-0.2, -0.15) is 0 Å². The zero-order valence-corrected chi connectivity index (χ0v) is 24.1. The Kier molecular flexibility index (Phi) is 10.0. The van der Waals surface area contributed by atoms with Crippen molar-refractivity contribution in [3.05, 3.63) is 95.1 Å². The molecule has 0 radical (unpaired) electrons. The molecule has 41 heavy (non-hydrogen) atoms. The highest BCUT2D eigenvalue weighted by Crippen LogP contribution is 2.42. The van der Waals surface area contributed by atoms with E-state index in [0.717, 1.165) is 18.4 Å². The molecule has 0 aromatic heterocycles. The van der Waals surface area contributed by atoms with Crippen molar-refractivity contribution in [1.82, 2.24) is 9.80 Å². The third kappa shape index (κ3) is 7.08. The minimum Gasteiger partial charge on any atom is -0.507 e. The SMILES string of the molecule is CCCCOc1cccc(C(O)=C2C(=O)C(=O)N(CCN(C)C)C2c2ccc(OCc3ccccc3)c(OC)c2)c1. The molecule has 1 aliphatic heterocycles. The van der Waals surface area contributed by atoms with Crippen molar-refractivity contribution in [2.45, 2.75) is 32.4 Å². The lowest BCUT2D eigenvalue weighted by Crippen LogP contribution is -2.35. The number of aliphatic hydroxyl groups is 1. The molecule has 4 rings (SSSR count). The summed E-state index contributed by atoms with van der Waals surface area (Å²) in [4.78, 5) is 30.2. The number of benzene rings is 3. The number of aliphatic hydroxyl groups excluding tert-OH is 1. The largest absolute Gasteiger partial charge is 0.507 e. The van der Waals surface area contributed by atoms with Gasteiger partial charge in [0.25, 0.3) is 11.7 Å². The van der Waals surface area contributed by atoms with Gasteiger partial charge in [0.05, 0.1) is 25.3 Å². The smallest absolute Gasteiger partial charge is 0.295 e. The molecule has 8 nitrogen and oxygen atoms in total. The molecule has 0 aliphatic carbocycles. The summed E-state index contributed by atoms with van der Waals surface area (Å²) >= 11 is 0. The first-order chi connectivity index (χ1) is 19.8. The van der Waals surface area contributed by atoms with Gasteiger partial charge < -0.3 is 29.1 Å². The number of ketones is 1. The summed E-state index contributed by atoms with van der Waals surface area (Å²) in [5.74, 6) is -0.0539. The van der Waals surface area contributed by atoms with Gasteiger partial charge >= 0.3 is 0 Å². The molecule has 1 N–H and O–H groups in total. The number of ether oxygens (including phenoxy) is 3. The Balaban J connectivity index is 1.73. The van der Waals surface area contributed by atoms with Gasteiger partial charge in [0, 0.05) is 18.7 Å². The summed E-state index contributed by atoms with van der Waals surface area (Å²) in [6.45, 7) is 3.83. The fourth-order valence-corrected chi connectivity index (χ4v) is 4.70. The van der Waals surface area contributed by atoms with Crippen LogP contribution in [0.4, 0.5) is 0 Å². The number of hydrogen-bond acceptors (Lipinski definition) is 7. The molecule has 1 aliphatic rings. The second kappa shape index (κ2) is 13.9. The fourth-order valence-electron chi connectivity index (χ4n) is 4.70. The first-order valence-corrected chi connectivity index (χ1v) is 13.8. The van der Waals surface area contributed by atoms with Crippen molar-refractivity contribution in [1.29, 1.82) is 0 Å². The number of nitrogens with zero attached hydrogens (tertiary/aromatic N) is 2. The van der Waals surface area contributed by atoms with Crippen molar-refractivity contribution in [2.24, 2.45) is 0 Å². The zero-order chi connectivity index (χ0) is 29.4. The highest BCUT2D eigenvalue weighted by molar-refractivity contribution is 6.46. The second-order valence-electron chi connectivity index (χ2n) is 10.2. The van der Waals surface area contributed by atoms with Crippen LogP contribution in [0.1, 0.15) is 42.5 Å². The number of carbonyl (C=O) groups is 2. The first kappa shape index (κ1) is 29.7. The van der Waals surface area contributed by atoms with Gasteiger partial charge in [-0.1, -0.05) is 61.9 Å². The molecule has 3 aromatic rings. The third-order valence-electron chi connectivity index (χ3n) is 6.94. The number of likely N-dealkylation sites (tertiary alicyclic amines) is 1. The molecule has 1 fully saturated rings. The topological polar surface area (TPSA) is 88.5 Å². The van der Waals surface area contributed by atoms with Crippen LogP contribution < -0.4 is 14.2 Å². The van der Waals surface area contributed by atoms with E-state index in [1.807, 2.05) is 49.3 Å². The number of rotatable bonds is 13. The standard InChI is InChI=1S/C33H38N2O6/c1-5-6-19-40-26-14-10-13-25(20-26)31(36)29-30(35(18-17-34(2)3)33(38)32(29)37)24-15-16-27(28(21-24)39-4)41-22-23-11-8-7-9-12-23/h7-16,20-21,30,36H,5-6,17-19,22H2,1-4H3. The van der Waals surface area contributed by atoms with Gasteiger partial charge in [-0.15, -0.1) is 0 Å². The van der Waals surface area contributed by atoms with Crippen molar-refractivity contribution in [3.63, 3.8) is 0 Å². The molecular weight excluding hydrogens is 520 g/mol. The predicted molar refractivity (Wildman–Crippen MR) is 158 cm³/mol. The Bertz CT molecular complexity index is 1390. The number of likely N-dealkylation sites (N-methyl/N-ethyl adjacent to an activating group) is 1. The normalized spacial score (nSPS) is 16.3. The molecule has 216 valence electrons. The Morgan fingerprint density at radius 1 is 0.951 bits per heavy atom. The Hall–Kier alpha value is -4.30. The van der Waals surface area contributed by atoms with Crippen LogP contribution in [-0.2, 0) is 16.2 Å². The molecule has 0 bridgehead atoms. The molecule has 1 atom stereocenters. The van der Waals surface area contributed by atoms with Crippen LogP contribution in [0.2, 0.25) is 0 Å². The number of hydrogen-bond donors (Lipinski definition) is 1. The number of amides is 1. The average molecular weight is 559 g/mol. The second-order valence-corrected chi connectivity index (χ2v) is 10.2. The number of methoxy groups -OCH3 is 1. The quantitative estimate of drug-likeness (QED) is 0.129. The van der Waals surface area contributed by atoms with E-state index in [1.54, 1.807) is 49.6 Å². The molecule has 3 aromatic carbocycles. The van der Waals surface area contributed by atoms with Crippen LogP contribution in [0, 0.1) is 0 Å². The van der Waals surface area contributed by atoms with Gasteiger partial charge in [-0.05, 0) is 55.9 Å². The van der Waals surface area contributed by atoms with Gasteiger partial charge in [0.2, 0.25) is 0 Å². The van der Waals surface area contributed by atoms with E-state index in [-0.39, 0.29) is 11.3 Å². The van der Waals surface area contributed by atoms with Gasteiger partial charge in [-0.3, -0.25) is 9.59 Å². The average Bonchev–Trinajstić information content (AvgIpc) is 3.24. The summed E-state index contributed by atoms with van der Waals surface area (Å²) in [6, 6.07) is 21.3. The molecule has 1 unspecified atom stereocenters. The van der Waals surface area contributed by atoms with Crippen LogP contribution in [0.3, 0.4) is 0 Å². The minimum absolute atomic E-state index is 0.0273. The maximum atomic E-state index is 13.4. The van der Waals surface area contributed by atoms with Crippen LogP contribution in [-0.4, -0.2) is 67.5 Å². The molecule has 1 amide bonds. The Morgan fingerprint density at radius 2 is 1.73 bits per heavy atom. The maximum Gasteiger partial charge on any atom is 0.295 e. The van der Waals surface area contributed by atoms with E-state index in [1.165, 1.54) is 4.90 Å². The van der Waals surface area contributed by atoms with Crippen molar-refractivity contribution in [2.75, 3.05) is 40.9 Å². The summed E-state index contributed by atoms with van der Waals surface area (Å²) in [6.07, 6.45) is 1.90. The third-order valence-corrected chi connectivity index (χ3v) is 6.94. The van der Waals surface area contributed by atoms with Crippen LogP contribution in [0.15, 0.2) is 78.4 Å². The van der Waals surface area contributed by atoms with E-state index in [4.69, 9.17) is 14.2 Å². The van der Waals surface area contributed by atoms with E-state index >= 15 is 0 Å². The first-order valence-electron chi connectivity index (χ1n) is 13.8. The van der Waals surface area contributed by atoms with E-state index < -0.39 is 17.7 Å². The van der Waals surface area contributed by atoms with E-state index in [2.05, 4.69) is 6.92 Å². The Labute approximate surface area is 241 Å². The highest BCUT2D eigenvalue weighted by Gasteiger charge is 2.46. The van der Waals surface area contributed by atoms with Crippen molar-refractivity contribution >= 4 is 17.4 Å². The summed E-state index contributed by atoms with van der Waals surface area (Å²) < 4.78 is 17.5. The lowest BCUT2D eigenvalue weighted by Gasteiger charge is -2.27. The van der Waals surface area contributed by atoms with Gasteiger partial charge in [-0.25, -0.2) is 0 Å². The number of unbranched alkanes of at least 4 members (excludes halogenated alkanes) is 1. The molecule has 8 heteroatoms. The monoisotopic (exact) mass is 558 g/mol.